The molecule has 0 saturated carbocycles. The Kier molecular flexibility index (Phi) is 4.84. The molecule has 0 amide bonds. The topological polar surface area (TPSA) is 38.9 Å². The molecule has 2 aromatic rings. The minimum atomic E-state index is 0.496. The molecule has 102 valence electrons. The molecule has 0 bridgehead atoms. The van der Waals surface area contributed by atoms with Crippen LogP contribution in [0.25, 0.3) is 11.6 Å². The first-order valence-corrected chi connectivity index (χ1v) is 7.78. The molecule has 2 aromatic heterocycles. The van der Waals surface area contributed by atoms with Gasteiger partial charge in [0.05, 0.1) is 9.26 Å². The number of furan rings is 1. The molecule has 0 saturated heterocycles. The summed E-state index contributed by atoms with van der Waals surface area (Å²) in [7, 11) is 0. The van der Waals surface area contributed by atoms with Crippen molar-refractivity contribution >= 4 is 34.2 Å². The van der Waals surface area contributed by atoms with E-state index >= 15 is 0 Å². The van der Waals surface area contributed by atoms with Crippen molar-refractivity contribution in [3.8, 4) is 11.6 Å². The predicted molar refractivity (Wildman–Crippen MR) is 85.4 cm³/mol. The summed E-state index contributed by atoms with van der Waals surface area (Å²) in [6.07, 6.45) is 1.74. The third kappa shape index (κ3) is 3.48. The van der Waals surface area contributed by atoms with E-state index in [0.717, 1.165) is 27.9 Å². The molecule has 0 fully saturated rings. The Balaban J connectivity index is 2.43. The van der Waals surface area contributed by atoms with Crippen LogP contribution in [0.4, 0.5) is 0 Å². The Bertz CT molecular complexity index is 581. The van der Waals surface area contributed by atoms with Gasteiger partial charge in [0.2, 0.25) is 0 Å². The minimum Gasteiger partial charge on any atom is -0.458 e. The first-order valence-electron chi connectivity index (χ1n) is 6.32. The van der Waals surface area contributed by atoms with E-state index in [0.29, 0.717) is 22.7 Å². The lowest BCUT2D eigenvalue weighted by Gasteiger charge is -2.09. The summed E-state index contributed by atoms with van der Waals surface area (Å²) in [5, 5.41) is 0.496. The normalized spacial score (nSPS) is 11.3. The number of aromatic nitrogens is 2. The monoisotopic (exact) mass is 390 g/mol. The summed E-state index contributed by atoms with van der Waals surface area (Å²) in [6.45, 7) is 6.37. The van der Waals surface area contributed by atoms with Gasteiger partial charge in [-0.2, -0.15) is 0 Å². The van der Waals surface area contributed by atoms with Crippen LogP contribution in [0.1, 0.15) is 32.2 Å². The third-order valence-corrected chi connectivity index (χ3v) is 4.44. The average molecular weight is 391 g/mol. The highest BCUT2D eigenvalue weighted by molar-refractivity contribution is 14.1. The number of halogens is 2. The summed E-state index contributed by atoms with van der Waals surface area (Å²) < 4.78 is 6.62. The zero-order chi connectivity index (χ0) is 14.0. The van der Waals surface area contributed by atoms with Crippen LogP contribution in [-0.2, 0) is 12.8 Å². The maximum Gasteiger partial charge on any atom is 0.197 e. The largest absolute Gasteiger partial charge is 0.458 e. The summed E-state index contributed by atoms with van der Waals surface area (Å²) in [4.78, 5) is 8.91. The molecule has 0 atom stereocenters. The fourth-order valence-electron chi connectivity index (χ4n) is 1.78. The van der Waals surface area contributed by atoms with Crippen LogP contribution in [0.5, 0.6) is 0 Å². The van der Waals surface area contributed by atoms with E-state index in [1.54, 1.807) is 0 Å². The van der Waals surface area contributed by atoms with E-state index in [-0.39, 0.29) is 0 Å². The predicted octanol–water partition coefficient (Wildman–Crippen LogP) is 4.76. The molecule has 0 aliphatic carbocycles. The molecule has 0 spiro atoms. The van der Waals surface area contributed by atoms with E-state index in [4.69, 9.17) is 16.0 Å². The fourth-order valence-corrected chi connectivity index (χ4v) is 2.43. The molecule has 5 heteroatoms. The van der Waals surface area contributed by atoms with Gasteiger partial charge in [0.1, 0.15) is 10.9 Å². The van der Waals surface area contributed by atoms with Crippen molar-refractivity contribution in [3.63, 3.8) is 0 Å². The first-order chi connectivity index (χ1) is 9.01. The van der Waals surface area contributed by atoms with Gasteiger partial charge in [-0.3, -0.25) is 0 Å². The quantitative estimate of drug-likeness (QED) is 0.558. The zero-order valence-corrected chi connectivity index (χ0v) is 14.1. The number of hydrogen-bond acceptors (Lipinski definition) is 3. The van der Waals surface area contributed by atoms with E-state index in [2.05, 4.69) is 53.3 Å². The lowest BCUT2D eigenvalue weighted by atomic mass is 10.1. The smallest absolute Gasteiger partial charge is 0.197 e. The maximum atomic E-state index is 6.19. The number of aryl methyl sites for hydroxylation is 1. The molecule has 19 heavy (non-hydrogen) atoms. The summed E-state index contributed by atoms with van der Waals surface area (Å²) in [5.41, 5.74) is 0.986. The standard InChI is InChI=1S/C14H16ClIN2O/c1-4-9-5-6-11(19-9)14-17-10(7-8(2)3)12(16)13(15)18-14/h5-6,8H,4,7H2,1-3H3. The lowest BCUT2D eigenvalue weighted by molar-refractivity contribution is 0.524. The van der Waals surface area contributed by atoms with Crippen molar-refractivity contribution in [2.24, 2.45) is 5.92 Å². The molecule has 0 aromatic carbocycles. The molecular formula is C14H16ClIN2O. The van der Waals surface area contributed by atoms with Gasteiger partial charge in [0.25, 0.3) is 0 Å². The van der Waals surface area contributed by atoms with Gasteiger partial charge in [-0.05, 0) is 47.1 Å². The van der Waals surface area contributed by atoms with Gasteiger partial charge in [0, 0.05) is 6.42 Å². The Morgan fingerprint density at radius 3 is 2.63 bits per heavy atom. The van der Waals surface area contributed by atoms with Crippen LogP contribution < -0.4 is 0 Å². The molecule has 0 N–H and O–H groups in total. The maximum absolute atomic E-state index is 6.19. The second kappa shape index (κ2) is 6.22. The highest BCUT2D eigenvalue weighted by atomic mass is 127. The van der Waals surface area contributed by atoms with Gasteiger partial charge in [-0.25, -0.2) is 9.97 Å². The summed E-state index contributed by atoms with van der Waals surface area (Å²) in [6, 6.07) is 3.85. The molecule has 2 heterocycles. The minimum absolute atomic E-state index is 0.496. The zero-order valence-electron chi connectivity index (χ0n) is 11.2. The van der Waals surface area contributed by atoms with Crippen LogP contribution in [0.2, 0.25) is 5.15 Å². The van der Waals surface area contributed by atoms with Crippen LogP contribution in [-0.4, -0.2) is 9.97 Å². The van der Waals surface area contributed by atoms with Crippen molar-refractivity contribution in [3.05, 3.63) is 32.3 Å². The van der Waals surface area contributed by atoms with Crippen LogP contribution in [0, 0.1) is 9.49 Å². The van der Waals surface area contributed by atoms with Crippen molar-refractivity contribution in [1.82, 2.24) is 9.97 Å². The molecule has 0 unspecified atom stereocenters. The van der Waals surface area contributed by atoms with Crippen LogP contribution in [0.3, 0.4) is 0 Å². The molecule has 0 radical (unpaired) electrons. The van der Waals surface area contributed by atoms with Crippen LogP contribution >= 0.6 is 34.2 Å². The summed E-state index contributed by atoms with van der Waals surface area (Å²) in [5.74, 6) is 2.70. The van der Waals surface area contributed by atoms with E-state index < -0.39 is 0 Å². The lowest BCUT2D eigenvalue weighted by Crippen LogP contribution is -2.04. The molecule has 3 nitrogen and oxygen atoms in total. The van der Waals surface area contributed by atoms with Crippen molar-refractivity contribution in [2.45, 2.75) is 33.6 Å². The van der Waals surface area contributed by atoms with E-state index in [1.165, 1.54) is 0 Å². The molecule has 2 rings (SSSR count). The second-order valence-electron chi connectivity index (χ2n) is 4.82. The van der Waals surface area contributed by atoms with Crippen molar-refractivity contribution < 1.29 is 4.42 Å². The van der Waals surface area contributed by atoms with Gasteiger partial charge >= 0.3 is 0 Å². The van der Waals surface area contributed by atoms with E-state index in [1.807, 2.05) is 12.1 Å². The number of nitrogens with zero attached hydrogens (tertiary/aromatic N) is 2. The van der Waals surface area contributed by atoms with Gasteiger partial charge in [-0.15, -0.1) is 0 Å². The fraction of sp³-hybridized carbons (Fsp3) is 0.429. The van der Waals surface area contributed by atoms with Crippen molar-refractivity contribution in [2.75, 3.05) is 0 Å². The van der Waals surface area contributed by atoms with Crippen molar-refractivity contribution in [1.29, 1.82) is 0 Å². The average Bonchev–Trinajstić information content (AvgIpc) is 2.82. The van der Waals surface area contributed by atoms with Gasteiger partial charge in [-0.1, -0.05) is 32.4 Å². The molecular weight excluding hydrogens is 375 g/mol. The second-order valence-corrected chi connectivity index (χ2v) is 6.25. The summed E-state index contributed by atoms with van der Waals surface area (Å²) >= 11 is 8.39. The molecule has 0 aliphatic heterocycles. The van der Waals surface area contributed by atoms with Gasteiger partial charge in [0.15, 0.2) is 11.6 Å². The Labute approximate surface area is 131 Å². The highest BCUT2D eigenvalue weighted by Gasteiger charge is 2.15. The van der Waals surface area contributed by atoms with Crippen LogP contribution in [0.15, 0.2) is 16.5 Å². The molecule has 0 aliphatic rings. The third-order valence-electron chi connectivity index (χ3n) is 2.71. The van der Waals surface area contributed by atoms with Gasteiger partial charge < -0.3 is 4.42 Å². The van der Waals surface area contributed by atoms with E-state index in [9.17, 15) is 0 Å². The number of hydrogen-bond donors (Lipinski definition) is 0. The SMILES string of the molecule is CCc1ccc(-c2nc(Cl)c(I)c(CC(C)C)n2)o1. The number of rotatable bonds is 4. The Hall–Kier alpha value is -0.620. The Morgan fingerprint density at radius 2 is 2.05 bits per heavy atom. The first kappa shape index (κ1) is 14.8. The Morgan fingerprint density at radius 1 is 1.32 bits per heavy atom. The highest BCUT2D eigenvalue weighted by Crippen LogP contribution is 2.26.